The SMILES string of the molecule is CCCNC(C)(CCCCOC(C)C(F)(F)F)C(N)=O. The maximum atomic E-state index is 12.2. The molecule has 4 nitrogen and oxygen atoms in total. The molecule has 0 aliphatic rings. The summed E-state index contributed by atoms with van der Waals surface area (Å²) in [6.07, 6.45) is -3.72. The van der Waals surface area contributed by atoms with Gasteiger partial charge in [0.25, 0.3) is 0 Å². The number of amides is 1. The highest BCUT2D eigenvalue weighted by atomic mass is 19.4. The van der Waals surface area contributed by atoms with Crippen LogP contribution in [0.1, 0.15) is 46.5 Å². The van der Waals surface area contributed by atoms with Gasteiger partial charge in [0, 0.05) is 6.61 Å². The van der Waals surface area contributed by atoms with E-state index in [1.807, 2.05) is 6.92 Å². The first-order valence-corrected chi connectivity index (χ1v) is 6.86. The van der Waals surface area contributed by atoms with Crippen LogP contribution in [-0.4, -0.2) is 36.9 Å². The summed E-state index contributed by atoms with van der Waals surface area (Å²) in [5.41, 5.74) is 4.54. The smallest absolute Gasteiger partial charge is 0.369 e. The lowest BCUT2D eigenvalue weighted by Crippen LogP contribution is -2.53. The Labute approximate surface area is 118 Å². The molecule has 120 valence electrons. The molecule has 0 heterocycles. The Morgan fingerprint density at radius 2 is 1.95 bits per heavy atom. The van der Waals surface area contributed by atoms with E-state index in [4.69, 9.17) is 10.5 Å². The molecule has 0 rings (SSSR count). The van der Waals surface area contributed by atoms with Gasteiger partial charge in [-0.3, -0.25) is 4.79 Å². The maximum absolute atomic E-state index is 12.2. The first-order valence-electron chi connectivity index (χ1n) is 6.86. The Balaban J connectivity index is 3.99. The van der Waals surface area contributed by atoms with Gasteiger partial charge < -0.3 is 15.8 Å². The van der Waals surface area contributed by atoms with Crippen LogP contribution in [0, 0.1) is 0 Å². The van der Waals surface area contributed by atoms with Gasteiger partial charge in [-0.15, -0.1) is 0 Å². The number of unbranched alkanes of at least 4 members (excludes halogenated alkanes) is 1. The van der Waals surface area contributed by atoms with Gasteiger partial charge in [0.1, 0.15) is 0 Å². The fraction of sp³-hybridized carbons (Fsp3) is 0.923. The highest BCUT2D eigenvalue weighted by molar-refractivity contribution is 5.84. The lowest BCUT2D eigenvalue weighted by molar-refractivity contribution is -0.214. The summed E-state index contributed by atoms with van der Waals surface area (Å²) in [6.45, 7) is 5.35. The third kappa shape index (κ3) is 7.09. The molecule has 0 spiro atoms. The average Bonchev–Trinajstić information content (AvgIpc) is 2.34. The molecule has 0 aromatic heterocycles. The molecule has 0 aromatic carbocycles. The van der Waals surface area contributed by atoms with Gasteiger partial charge in [0.05, 0.1) is 5.54 Å². The third-order valence-electron chi connectivity index (χ3n) is 3.21. The molecule has 1 amide bonds. The van der Waals surface area contributed by atoms with Crippen LogP contribution in [0.5, 0.6) is 0 Å². The number of carbonyl (C=O) groups is 1. The number of hydrogen-bond donors (Lipinski definition) is 2. The molecular formula is C13H25F3N2O2. The molecule has 7 heteroatoms. The molecule has 0 radical (unpaired) electrons. The van der Waals surface area contributed by atoms with E-state index in [2.05, 4.69) is 5.32 Å². The number of rotatable bonds is 10. The van der Waals surface area contributed by atoms with Crippen molar-refractivity contribution in [3.8, 4) is 0 Å². The van der Waals surface area contributed by atoms with E-state index < -0.39 is 23.7 Å². The van der Waals surface area contributed by atoms with Gasteiger partial charge >= 0.3 is 6.18 Å². The highest BCUT2D eigenvalue weighted by Crippen LogP contribution is 2.22. The fourth-order valence-electron chi connectivity index (χ4n) is 1.63. The van der Waals surface area contributed by atoms with Gasteiger partial charge in [0.2, 0.25) is 5.91 Å². The van der Waals surface area contributed by atoms with Crippen molar-refractivity contribution in [1.82, 2.24) is 5.32 Å². The summed E-state index contributed by atoms with van der Waals surface area (Å²) in [4.78, 5) is 11.4. The monoisotopic (exact) mass is 298 g/mol. The van der Waals surface area contributed by atoms with Crippen LogP contribution in [0.2, 0.25) is 0 Å². The average molecular weight is 298 g/mol. The molecule has 20 heavy (non-hydrogen) atoms. The van der Waals surface area contributed by atoms with E-state index in [1.54, 1.807) is 6.92 Å². The standard InChI is InChI=1S/C13H25F3N2O2/c1-4-8-18-12(3,11(17)19)7-5-6-9-20-10(2)13(14,15)16/h10,18H,4-9H2,1-3H3,(H2,17,19). The van der Waals surface area contributed by atoms with E-state index in [0.29, 0.717) is 25.8 Å². The number of alkyl halides is 3. The largest absolute Gasteiger partial charge is 0.414 e. The van der Waals surface area contributed by atoms with Crippen molar-refractivity contribution >= 4 is 5.91 Å². The fourth-order valence-corrected chi connectivity index (χ4v) is 1.63. The second-order valence-electron chi connectivity index (χ2n) is 5.13. The Morgan fingerprint density at radius 1 is 1.35 bits per heavy atom. The van der Waals surface area contributed by atoms with Crippen molar-refractivity contribution in [2.45, 2.75) is 64.3 Å². The van der Waals surface area contributed by atoms with E-state index >= 15 is 0 Å². The predicted octanol–water partition coefficient (Wildman–Crippen LogP) is 2.37. The van der Waals surface area contributed by atoms with Crippen LogP contribution in [-0.2, 0) is 9.53 Å². The Hall–Kier alpha value is -0.820. The molecule has 0 fully saturated rings. The van der Waals surface area contributed by atoms with Gasteiger partial charge in [-0.05, 0) is 46.1 Å². The zero-order valence-electron chi connectivity index (χ0n) is 12.3. The number of halogens is 3. The van der Waals surface area contributed by atoms with Crippen molar-refractivity contribution in [2.24, 2.45) is 5.73 Å². The number of primary amides is 1. The van der Waals surface area contributed by atoms with Crippen molar-refractivity contribution in [2.75, 3.05) is 13.2 Å². The van der Waals surface area contributed by atoms with Crippen LogP contribution in [0.15, 0.2) is 0 Å². The minimum Gasteiger partial charge on any atom is -0.369 e. The summed E-state index contributed by atoms with van der Waals surface area (Å²) in [5.74, 6) is -0.449. The van der Waals surface area contributed by atoms with Crippen LogP contribution in [0.3, 0.4) is 0 Å². The summed E-state index contributed by atoms with van der Waals surface area (Å²) in [7, 11) is 0. The van der Waals surface area contributed by atoms with Gasteiger partial charge in [-0.25, -0.2) is 0 Å². The van der Waals surface area contributed by atoms with E-state index in [1.165, 1.54) is 0 Å². The third-order valence-corrected chi connectivity index (χ3v) is 3.21. The molecule has 0 bridgehead atoms. The zero-order valence-corrected chi connectivity index (χ0v) is 12.3. The topological polar surface area (TPSA) is 64.3 Å². The first kappa shape index (κ1) is 19.2. The van der Waals surface area contributed by atoms with Crippen LogP contribution >= 0.6 is 0 Å². The summed E-state index contributed by atoms with van der Waals surface area (Å²) >= 11 is 0. The van der Waals surface area contributed by atoms with E-state index in [0.717, 1.165) is 13.3 Å². The number of ether oxygens (including phenoxy) is 1. The lowest BCUT2D eigenvalue weighted by atomic mass is 9.94. The molecule has 0 aliphatic heterocycles. The number of nitrogens with one attached hydrogen (secondary N) is 1. The zero-order chi connectivity index (χ0) is 15.8. The predicted molar refractivity (Wildman–Crippen MR) is 71.2 cm³/mol. The highest BCUT2D eigenvalue weighted by Gasteiger charge is 2.36. The summed E-state index contributed by atoms with van der Waals surface area (Å²) in [5, 5.41) is 3.07. The van der Waals surface area contributed by atoms with Gasteiger partial charge in [-0.2, -0.15) is 13.2 Å². The quantitative estimate of drug-likeness (QED) is 0.609. The second-order valence-corrected chi connectivity index (χ2v) is 5.13. The van der Waals surface area contributed by atoms with Crippen molar-refractivity contribution < 1.29 is 22.7 Å². The summed E-state index contributed by atoms with van der Waals surface area (Å²) < 4.78 is 41.3. The molecule has 0 saturated heterocycles. The van der Waals surface area contributed by atoms with Gasteiger partial charge in [0.15, 0.2) is 6.10 Å². The van der Waals surface area contributed by atoms with Crippen molar-refractivity contribution in [1.29, 1.82) is 0 Å². The minimum absolute atomic E-state index is 0.0172. The van der Waals surface area contributed by atoms with Crippen molar-refractivity contribution in [3.05, 3.63) is 0 Å². The Bertz CT molecular complexity index is 298. The molecule has 2 atom stereocenters. The number of carbonyl (C=O) groups excluding carboxylic acids is 1. The minimum atomic E-state index is -4.33. The molecular weight excluding hydrogens is 273 g/mol. The molecule has 2 unspecified atom stereocenters. The maximum Gasteiger partial charge on any atom is 0.414 e. The number of nitrogens with two attached hydrogens (primary N) is 1. The Morgan fingerprint density at radius 3 is 2.40 bits per heavy atom. The first-order chi connectivity index (χ1) is 9.13. The van der Waals surface area contributed by atoms with Crippen LogP contribution in [0.25, 0.3) is 0 Å². The molecule has 0 saturated carbocycles. The molecule has 0 aromatic rings. The number of hydrogen-bond acceptors (Lipinski definition) is 3. The summed E-state index contributed by atoms with van der Waals surface area (Å²) in [6, 6.07) is 0. The van der Waals surface area contributed by atoms with Crippen molar-refractivity contribution in [3.63, 3.8) is 0 Å². The molecule has 3 N–H and O–H groups in total. The Kier molecular flexibility index (Phi) is 8.12. The van der Waals surface area contributed by atoms with E-state index in [9.17, 15) is 18.0 Å². The van der Waals surface area contributed by atoms with Crippen LogP contribution < -0.4 is 11.1 Å². The van der Waals surface area contributed by atoms with Crippen LogP contribution in [0.4, 0.5) is 13.2 Å². The van der Waals surface area contributed by atoms with E-state index in [-0.39, 0.29) is 6.61 Å². The van der Waals surface area contributed by atoms with Gasteiger partial charge in [-0.1, -0.05) is 6.92 Å². The molecule has 0 aliphatic carbocycles. The lowest BCUT2D eigenvalue weighted by Gasteiger charge is -2.27. The normalized spacial score (nSPS) is 16.7. The second kappa shape index (κ2) is 8.46.